The summed E-state index contributed by atoms with van der Waals surface area (Å²) in [5.41, 5.74) is 1.33. The first-order valence-electron chi connectivity index (χ1n) is 9.36. The topological polar surface area (TPSA) is 104 Å². The highest BCUT2D eigenvalue weighted by Gasteiger charge is 2.42. The number of benzene rings is 2. The minimum Gasteiger partial charge on any atom is -0.478 e. The van der Waals surface area contributed by atoms with Gasteiger partial charge in [0.05, 0.1) is 16.7 Å². The fraction of sp³-hybridized carbons (Fsp3) is 0.273. The number of carboxylic acids is 1. The third-order valence-corrected chi connectivity index (χ3v) is 4.78. The van der Waals surface area contributed by atoms with Gasteiger partial charge in [-0.1, -0.05) is 38.1 Å². The van der Waals surface area contributed by atoms with Crippen molar-refractivity contribution < 1.29 is 24.3 Å². The highest BCUT2D eigenvalue weighted by molar-refractivity contribution is 6.22. The van der Waals surface area contributed by atoms with Crippen molar-refractivity contribution in [1.29, 1.82) is 0 Å². The second-order valence-corrected chi connectivity index (χ2v) is 7.39. The molecule has 1 unspecified atom stereocenters. The summed E-state index contributed by atoms with van der Waals surface area (Å²) in [5.74, 6) is -2.38. The van der Waals surface area contributed by atoms with Gasteiger partial charge in [0.2, 0.25) is 5.91 Å². The number of amides is 3. The molecule has 0 radical (unpaired) electrons. The summed E-state index contributed by atoms with van der Waals surface area (Å²) in [4.78, 5) is 50.6. The Balaban J connectivity index is 1.80. The molecule has 29 heavy (non-hydrogen) atoms. The van der Waals surface area contributed by atoms with Crippen LogP contribution >= 0.6 is 0 Å². The minimum atomic E-state index is -1.05. The van der Waals surface area contributed by atoms with Gasteiger partial charge >= 0.3 is 5.97 Å². The van der Waals surface area contributed by atoms with Crippen LogP contribution in [-0.4, -0.2) is 39.7 Å². The lowest BCUT2D eigenvalue weighted by Gasteiger charge is -2.26. The van der Waals surface area contributed by atoms with Crippen molar-refractivity contribution in [3.8, 4) is 0 Å². The van der Waals surface area contributed by atoms with Crippen LogP contribution in [0, 0.1) is 5.92 Å². The fourth-order valence-electron chi connectivity index (χ4n) is 3.39. The first-order valence-corrected chi connectivity index (χ1v) is 9.36. The van der Waals surface area contributed by atoms with Crippen molar-refractivity contribution in [2.24, 2.45) is 5.92 Å². The third-order valence-electron chi connectivity index (χ3n) is 4.78. The molecule has 0 bridgehead atoms. The smallest absolute Gasteiger partial charge is 0.335 e. The van der Waals surface area contributed by atoms with Gasteiger partial charge in [-0.25, -0.2) is 4.79 Å². The Bertz CT molecular complexity index is 948. The molecule has 2 aromatic carbocycles. The van der Waals surface area contributed by atoms with Gasteiger partial charge in [0, 0.05) is 6.54 Å². The van der Waals surface area contributed by atoms with Crippen LogP contribution in [-0.2, 0) is 11.3 Å². The third kappa shape index (κ3) is 4.18. The number of nitrogens with one attached hydrogen (secondary N) is 1. The number of rotatable bonds is 7. The number of carboxylic acid groups (broad SMARTS) is 1. The van der Waals surface area contributed by atoms with E-state index >= 15 is 0 Å². The summed E-state index contributed by atoms with van der Waals surface area (Å²) in [5, 5.41) is 11.8. The predicted octanol–water partition coefficient (Wildman–Crippen LogP) is 2.71. The predicted molar refractivity (Wildman–Crippen MR) is 105 cm³/mol. The van der Waals surface area contributed by atoms with E-state index in [1.165, 1.54) is 12.1 Å². The number of imide groups is 1. The second-order valence-electron chi connectivity index (χ2n) is 7.39. The zero-order valence-corrected chi connectivity index (χ0v) is 16.2. The van der Waals surface area contributed by atoms with E-state index in [-0.39, 0.29) is 18.0 Å². The van der Waals surface area contributed by atoms with Crippen LogP contribution in [0.2, 0.25) is 0 Å². The molecule has 150 valence electrons. The van der Waals surface area contributed by atoms with Crippen LogP contribution in [0.5, 0.6) is 0 Å². The summed E-state index contributed by atoms with van der Waals surface area (Å²) in [6.07, 6.45) is 0.326. The normalized spacial score (nSPS) is 14.1. The van der Waals surface area contributed by atoms with E-state index < -0.39 is 29.7 Å². The fourth-order valence-corrected chi connectivity index (χ4v) is 3.39. The standard InChI is InChI=1S/C22H22N2O5/c1-13(2)10-18(24-20(26)16-8-3-4-9-17(16)21(24)27)19(25)23-12-14-6-5-7-15(11-14)22(28)29/h3-9,11,13,18H,10,12H2,1-2H3,(H,23,25)(H,28,29). The Morgan fingerprint density at radius 1 is 1.00 bits per heavy atom. The molecule has 3 rings (SSSR count). The molecule has 2 aromatic rings. The maximum atomic E-state index is 12.9. The second kappa shape index (κ2) is 8.26. The monoisotopic (exact) mass is 394 g/mol. The number of hydrogen-bond acceptors (Lipinski definition) is 4. The highest BCUT2D eigenvalue weighted by atomic mass is 16.4. The van der Waals surface area contributed by atoms with E-state index in [4.69, 9.17) is 5.11 Å². The minimum absolute atomic E-state index is 0.0744. The first-order chi connectivity index (χ1) is 13.8. The number of aromatic carboxylic acids is 1. The van der Waals surface area contributed by atoms with Crippen LogP contribution in [0.15, 0.2) is 48.5 Å². The molecule has 0 spiro atoms. The van der Waals surface area contributed by atoms with E-state index in [2.05, 4.69) is 5.32 Å². The summed E-state index contributed by atoms with van der Waals surface area (Å²) in [6, 6.07) is 11.8. The molecule has 7 heteroatoms. The van der Waals surface area contributed by atoms with E-state index in [0.29, 0.717) is 23.1 Å². The Kier molecular flexibility index (Phi) is 5.77. The van der Waals surface area contributed by atoms with Crippen LogP contribution in [0.25, 0.3) is 0 Å². The summed E-state index contributed by atoms with van der Waals surface area (Å²) < 4.78 is 0. The molecule has 3 amide bonds. The average Bonchev–Trinajstić information content (AvgIpc) is 2.95. The molecule has 1 heterocycles. The highest BCUT2D eigenvalue weighted by Crippen LogP contribution is 2.27. The molecule has 0 fully saturated rings. The Morgan fingerprint density at radius 3 is 2.17 bits per heavy atom. The molecular formula is C22H22N2O5. The van der Waals surface area contributed by atoms with Crippen LogP contribution < -0.4 is 5.32 Å². The molecule has 1 aliphatic heterocycles. The lowest BCUT2D eigenvalue weighted by atomic mass is 10.0. The molecular weight excluding hydrogens is 372 g/mol. The largest absolute Gasteiger partial charge is 0.478 e. The average molecular weight is 394 g/mol. The van der Waals surface area contributed by atoms with E-state index in [1.54, 1.807) is 36.4 Å². The summed E-state index contributed by atoms with van der Waals surface area (Å²) in [7, 11) is 0. The van der Waals surface area contributed by atoms with E-state index in [1.807, 2.05) is 13.8 Å². The molecule has 1 atom stereocenters. The molecule has 7 nitrogen and oxygen atoms in total. The zero-order chi connectivity index (χ0) is 21.1. The first kappa shape index (κ1) is 20.3. The maximum Gasteiger partial charge on any atom is 0.335 e. The van der Waals surface area contributed by atoms with Crippen LogP contribution in [0.4, 0.5) is 0 Å². The van der Waals surface area contributed by atoms with Crippen molar-refractivity contribution in [2.45, 2.75) is 32.9 Å². The Labute approximate surface area is 168 Å². The van der Waals surface area contributed by atoms with Gasteiger partial charge in [0.25, 0.3) is 11.8 Å². The Morgan fingerprint density at radius 2 is 1.62 bits per heavy atom. The lowest BCUT2D eigenvalue weighted by molar-refractivity contribution is -0.125. The molecule has 0 saturated carbocycles. The number of hydrogen-bond donors (Lipinski definition) is 2. The van der Waals surface area contributed by atoms with Gasteiger partial charge in [0.1, 0.15) is 6.04 Å². The number of fused-ring (bicyclic) bond motifs is 1. The van der Waals surface area contributed by atoms with Crippen molar-refractivity contribution in [3.05, 3.63) is 70.8 Å². The number of carbonyl (C=O) groups excluding carboxylic acids is 3. The quantitative estimate of drug-likeness (QED) is 0.703. The maximum absolute atomic E-state index is 12.9. The van der Waals surface area contributed by atoms with Crippen molar-refractivity contribution >= 4 is 23.7 Å². The van der Waals surface area contributed by atoms with E-state index in [9.17, 15) is 19.2 Å². The van der Waals surface area contributed by atoms with Gasteiger partial charge in [-0.3, -0.25) is 19.3 Å². The summed E-state index contributed by atoms with van der Waals surface area (Å²) >= 11 is 0. The molecule has 2 N–H and O–H groups in total. The van der Waals surface area contributed by atoms with Gasteiger partial charge in [-0.05, 0) is 42.2 Å². The van der Waals surface area contributed by atoms with Gasteiger partial charge in [-0.15, -0.1) is 0 Å². The van der Waals surface area contributed by atoms with Gasteiger partial charge < -0.3 is 10.4 Å². The van der Waals surface area contributed by atoms with Crippen molar-refractivity contribution in [2.75, 3.05) is 0 Å². The van der Waals surface area contributed by atoms with E-state index in [0.717, 1.165) is 4.90 Å². The zero-order valence-electron chi connectivity index (χ0n) is 16.2. The van der Waals surface area contributed by atoms with Crippen LogP contribution in [0.3, 0.4) is 0 Å². The number of carbonyl (C=O) groups is 4. The SMILES string of the molecule is CC(C)CC(C(=O)NCc1cccc(C(=O)O)c1)N1C(=O)c2ccccc2C1=O. The lowest BCUT2D eigenvalue weighted by Crippen LogP contribution is -2.50. The summed E-state index contributed by atoms with van der Waals surface area (Å²) in [6.45, 7) is 3.92. The molecule has 0 saturated heterocycles. The van der Waals surface area contributed by atoms with Crippen LogP contribution in [0.1, 0.15) is 56.9 Å². The Hall–Kier alpha value is -3.48. The van der Waals surface area contributed by atoms with Crippen molar-refractivity contribution in [3.63, 3.8) is 0 Å². The molecule has 1 aliphatic rings. The number of nitrogens with zero attached hydrogens (tertiary/aromatic N) is 1. The van der Waals surface area contributed by atoms with Gasteiger partial charge in [-0.2, -0.15) is 0 Å². The van der Waals surface area contributed by atoms with Crippen molar-refractivity contribution in [1.82, 2.24) is 10.2 Å². The molecule has 0 aromatic heterocycles. The van der Waals surface area contributed by atoms with Gasteiger partial charge in [0.15, 0.2) is 0 Å². The molecule has 0 aliphatic carbocycles.